The Morgan fingerprint density at radius 1 is 0.643 bits per heavy atom. The topological polar surface area (TPSA) is 126 Å². The largest absolute Gasteiger partial charge is 0.478 e. The summed E-state index contributed by atoms with van der Waals surface area (Å²) in [5.41, 5.74) is -0.418. The van der Waals surface area contributed by atoms with Crippen LogP contribution in [0.5, 0.6) is 0 Å². The van der Waals surface area contributed by atoms with E-state index in [0.717, 1.165) is 0 Å². The van der Waals surface area contributed by atoms with E-state index in [2.05, 4.69) is 0 Å². The first-order valence-electron chi connectivity index (χ1n) is 8.57. The molecule has 0 fully saturated rings. The Morgan fingerprint density at radius 2 is 1.00 bits per heavy atom. The predicted octanol–water partition coefficient (Wildman–Crippen LogP) is 3.50. The number of benzene rings is 2. The second kappa shape index (κ2) is 8.39. The van der Waals surface area contributed by atoms with E-state index in [1.54, 1.807) is 13.8 Å². The highest BCUT2D eigenvalue weighted by atomic mass is 16.4. The zero-order valence-corrected chi connectivity index (χ0v) is 15.3. The summed E-state index contributed by atoms with van der Waals surface area (Å²) < 4.78 is 0. The molecule has 0 aliphatic heterocycles. The van der Waals surface area contributed by atoms with Gasteiger partial charge in [-0.15, -0.1) is 0 Å². The molecule has 0 bridgehead atoms. The summed E-state index contributed by atoms with van der Waals surface area (Å²) in [5.74, 6) is -3.95. The summed E-state index contributed by atoms with van der Waals surface area (Å²) in [7, 11) is 0. The normalized spacial score (nSPS) is 10.4. The molecular formula is C21H18O7. The first-order chi connectivity index (χ1) is 13.2. The van der Waals surface area contributed by atoms with Crippen molar-refractivity contribution in [3.05, 3.63) is 69.8 Å². The van der Waals surface area contributed by atoms with Crippen LogP contribution in [0.4, 0.5) is 0 Å². The van der Waals surface area contributed by atoms with Gasteiger partial charge in [-0.1, -0.05) is 26.0 Å². The molecule has 0 saturated carbocycles. The van der Waals surface area contributed by atoms with Crippen LogP contribution in [0.1, 0.15) is 84.0 Å². The highest BCUT2D eigenvalue weighted by Crippen LogP contribution is 2.20. The minimum absolute atomic E-state index is 0.0692. The maximum atomic E-state index is 12.8. The Morgan fingerprint density at radius 3 is 1.29 bits per heavy atom. The number of aromatic carboxylic acids is 2. The van der Waals surface area contributed by atoms with Gasteiger partial charge < -0.3 is 10.2 Å². The van der Waals surface area contributed by atoms with E-state index in [0.29, 0.717) is 0 Å². The molecule has 2 rings (SSSR count). The number of ketones is 3. The summed E-state index contributed by atoms with van der Waals surface area (Å²) in [4.78, 5) is 59.6. The highest BCUT2D eigenvalue weighted by Gasteiger charge is 2.21. The van der Waals surface area contributed by atoms with E-state index >= 15 is 0 Å². The van der Waals surface area contributed by atoms with E-state index in [1.165, 1.54) is 36.4 Å². The van der Waals surface area contributed by atoms with Crippen molar-refractivity contribution in [1.29, 1.82) is 0 Å². The fourth-order valence-corrected chi connectivity index (χ4v) is 2.75. The molecule has 7 heteroatoms. The van der Waals surface area contributed by atoms with Crippen LogP contribution in [0, 0.1) is 0 Å². The fraction of sp³-hybridized carbons (Fsp3) is 0.190. The molecule has 0 aliphatic rings. The Labute approximate surface area is 160 Å². The van der Waals surface area contributed by atoms with Crippen LogP contribution in [0.25, 0.3) is 0 Å². The number of carbonyl (C=O) groups is 5. The summed E-state index contributed by atoms with van der Waals surface area (Å²) in [6.07, 6.45) is 0.140. The minimum Gasteiger partial charge on any atom is -0.478 e. The number of rotatable bonds is 8. The molecule has 0 aliphatic carbocycles. The zero-order valence-electron chi connectivity index (χ0n) is 15.3. The second-order valence-corrected chi connectivity index (χ2v) is 6.01. The minimum atomic E-state index is -1.28. The molecular weight excluding hydrogens is 364 g/mol. The standard InChI is InChI=1S/C21H18O7/c1-3-17(22)15-9-11(5-7-13(15)20(25)26)19(24)12-6-8-14(21(27)28)16(10-12)18(23)4-2/h5-10H,3-4H2,1-2H3,(H,25,26)(H,27,28). The Balaban J connectivity index is 2.57. The van der Waals surface area contributed by atoms with Crippen molar-refractivity contribution in [2.75, 3.05) is 0 Å². The summed E-state index contributed by atoms with van der Waals surface area (Å²) in [5, 5.41) is 18.5. The maximum Gasteiger partial charge on any atom is 0.336 e. The van der Waals surface area contributed by atoms with Crippen LogP contribution in [-0.4, -0.2) is 39.5 Å². The number of Topliss-reactive ketones (excluding diaryl/α,β-unsaturated/α-hetero) is 2. The fourth-order valence-electron chi connectivity index (χ4n) is 2.75. The van der Waals surface area contributed by atoms with E-state index in [1.807, 2.05) is 0 Å². The van der Waals surface area contributed by atoms with Gasteiger partial charge in [-0.3, -0.25) is 14.4 Å². The van der Waals surface area contributed by atoms with Gasteiger partial charge in [0.15, 0.2) is 17.3 Å². The molecule has 2 N–H and O–H groups in total. The third kappa shape index (κ3) is 4.03. The lowest BCUT2D eigenvalue weighted by atomic mass is 9.92. The Hall–Kier alpha value is -3.61. The zero-order chi connectivity index (χ0) is 21.0. The van der Waals surface area contributed by atoms with Crippen LogP contribution < -0.4 is 0 Å². The smallest absolute Gasteiger partial charge is 0.336 e. The molecule has 2 aromatic rings. The molecule has 0 atom stereocenters. The van der Waals surface area contributed by atoms with Gasteiger partial charge in [0.2, 0.25) is 0 Å². The molecule has 0 unspecified atom stereocenters. The van der Waals surface area contributed by atoms with Gasteiger partial charge in [-0.2, -0.15) is 0 Å². The third-order valence-corrected chi connectivity index (χ3v) is 4.27. The van der Waals surface area contributed by atoms with Crippen molar-refractivity contribution in [3.8, 4) is 0 Å². The molecule has 2 aromatic carbocycles. The number of carboxylic acid groups (broad SMARTS) is 2. The van der Waals surface area contributed by atoms with E-state index < -0.39 is 29.3 Å². The third-order valence-electron chi connectivity index (χ3n) is 4.27. The lowest BCUT2D eigenvalue weighted by molar-refractivity contribution is 0.0683. The average molecular weight is 382 g/mol. The van der Waals surface area contributed by atoms with Crippen molar-refractivity contribution in [2.24, 2.45) is 0 Å². The Kier molecular flexibility index (Phi) is 6.20. The first kappa shape index (κ1) is 20.7. The molecule has 7 nitrogen and oxygen atoms in total. The summed E-state index contributed by atoms with van der Waals surface area (Å²) in [6, 6.07) is 7.35. The van der Waals surface area contributed by atoms with Crippen LogP contribution in [0.15, 0.2) is 36.4 Å². The molecule has 0 radical (unpaired) electrons. The summed E-state index contributed by atoms with van der Waals surface area (Å²) >= 11 is 0. The van der Waals surface area contributed by atoms with Gasteiger partial charge in [0.05, 0.1) is 11.1 Å². The van der Waals surface area contributed by atoms with Crippen LogP contribution in [0.2, 0.25) is 0 Å². The number of carboxylic acids is 2. The summed E-state index contributed by atoms with van der Waals surface area (Å²) in [6.45, 7) is 3.16. The van der Waals surface area contributed by atoms with Crippen molar-refractivity contribution >= 4 is 29.3 Å². The molecule has 0 spiro atoms. The van der Waals surface area contributed by atoms with Crippen molar-refractivity contribution in [3.63, 3.8) is 0 Å². The molecule has 144 valence electrons. The van der Waals surface area contributed by atoms with Crippen LogP contribution in [0.3, 0.4) is 0 Å². The molecule has 0 aromatic heterocycles. The van der Waals surface area contributed by atoms with Gasteiger partial charge in [0.1, 0.15) is 0 Å². The van der Waals surface area contributed by atoms with Crippen LogP contribution >= 0.6 is 0 Å². The number of carbonyl (C=O) groups excluding carboxylic acids is 3. The van der Waals surface area contributed by atoms with Gasteiger partial charge >= 0.3 is 11.9 Å². The van der Waals surface area contributed by atoms with Crippen molar-refractivity contribution < 1.29 is 34.2 Å². The Bertz CT molecular complexity index is 922. The van der Waals surface area contributed by atoms with E-state index in [-0.39, 0.29) is 46.2 Å². The molecule has 0 saturated heterocycles. The molecule has 0 heterocycles. The van der Waals surface area contributed by atoms with E-state index in [4.69, 9.17) is 0 Å². The number of hydrogen-bond acceptors (Lipinski definition) is 5. The van der Waals surface area contributed by atoms with Crippen molar-refractivity contribution in [2.45, 2.75) is 26.7 Å². The van der Waals surface area contributed by atoms with Gasteiger partial charge in [-0.05, 0) is 24.3 Å². The van der Waals surface area contributed by atoms with Gasteiger partial charge in [-0.25, -0.2) is 9.59 Å². The van der Waals surface area contributed by atoms with Gasteiger partial charge in [0.25, 0.3) is 0 Å². The van der Waals surface area contributed by atoms with E-state index in [9.17, 15) is 34.2 Å². The maximum absolute atomic E-state index is 12.8. The number of hydrogen-bond donors (Lipinski definition) is 2. The van der Waals surface area contributed by atoms with Crippen LogP contribution in [-0.2, 0) is 0 Å². The first-order valence-corrected chi connectivity index (χ1v) is 8.57. The van der Waals surface area contributed by atoms with Gasteiger partial charge in [0, 0.05) is 35.1 Å². The second-order valence-electron chi connectivity index (χ2n) is 6.01. The molecule has 0 amide bonds. The molecule has 28 heavy (non-hydrogen) atoms. The SMILES string of the molecule is CCC(=O)c1cc(C(=O)c2ccc(C(=O)O)c(C(=O)CC)c2)ccc1C(=O)O. The average Bonchev–Trinajstić information content (AvgIpc) is 2.70. The van der Waals surface area contributed by atoms with Crippen molar-refractivity contribution in [1.82, 2.24) is 0 Å². The lowest BCUT2D eigenvalue weighted by Gasteiger charge is -2.09. The predicted molar refractivity (Wildman–Crippen MR) is 99.5 cm³/mol. The lowest BCUT2D eigenvalue weighted by Crippen LogP contribution is -2.13. The highest BCUT2D eigenvalue weighted by molar-refractivity contribution is 6.14. The monoisotopic (exact) mass is 382 g/mol. The quantitative estimate of drug-likeness (QED) is 0.669.